The number of thiocarbonyl (C=S) groups is 1. The van der Waals surface area contributed by atoms with E-state index in [4.69, 9.17) is 15.2 Å². The van der Waals surface area contributed by atoms with Gasteiger partial charge in [0, 0.05) is 12.1 Å². The molecule has 25 heavy (non-hydrogen) atoms. The van der Waals surface area contributed by atoms with Crippen molar-refractivity contribution >= 4 is 29.2 Å². The largest absolute Gasteiger partial charge is 0.490 e. The number of nitrogens with one attached hydrogen (secondary N) is 1. The van der Waals surface area contributed by atoms with Crippen LogP contribution in [0.25, 0.3) is 0 Å². The van der Waals surface area contributed by atoms with Crippen LogP contribution in [0.2, 0.25) is 0 Å². The van der Waals surface area contributed by atoms with E-state index in [1.807, 2.05) is 6.92 Å². The molecule has 2 rings (SSSR count). The normalized spacial score (nSPS) is 10.4. The minimum atomic E-state index is -0.530. The maximum Gasteiger partial charge on any atom is 0.287 e. The molecule has 130 valence electrons. The second-order valence-corrected chi connectivity index (χ2v) is 5.03. The van der Waals surface area contributed by atoms with Crippen LogP contribution in [0.15, 0.2) is 41.6 Å². The summed E-state index contributed by atoms with van der Waals surface area (Å²) in [5.41, 5.74) is 8.36. The highest BCUT2D eigenvalue weighted by atomic mass is 32.1. The number of rotatable bonds is 7. The van der Waals surface area contributed by atoms with E-state index >= 15 is 0 Å². The van der Waals surface area contributed by atoms with Crippen LogP contribution < -0.4 is 20.6 Å². The number of ether oxygens (including phenoxy) is 2. The van der Waals surface area contributed by atoms with Crippen molar-refractivity contribution in [3.8, 4) is 17.4 Å². The van der Waals surface area contributed by atoms with Crippen LogP contribution in [0.5, 0.6) is 17.4 Å². The third-order valence-corrected chi connectivity index (χ3v) is 2.89. The fourth-order valence-corrected chi connectivity index (χ4v) is 1.83. The Morgan fingerprint density at radius 3 is 2.84 bits per heavy atom. The summed E-state index contributed by atoms with van der Waals surface area (Å²) in [5.74, 6) is 1.10. The number of nitrogens with two attached hydrogens (primary N) is 1. The van der Waals surface area contributed by atoms with Gasteiger partial charge in [-0.15, -0.1) is 0 Å². The molecule has 0 saturated heterocycles. The fourth-order valence-electron chi connectivity index (χ4n) is 1.78. The highest BCUT2D eigenvalue weighted by Crippen LogP contribution is 2.32. The predicted molar refractivity (Wildman–Crippen MR) is 96.1 cm³/mol. The summed E-state index contributed by atoms with van der Waals surface area (Å²) in [7, 11) is 0. The molecule has 0 amide bonds. The smallest absolute Gasteiger partial charge is 0.287 e. The molecule has 0 atom stereocenters. The monoisotopic (exact) mass is 361 g/mol. The zero-order valence-corrected chi connectivity index (χ0v) is 14.0. The molecule has 0 spiro atoms. The molecular weight excluding hydrogens is 346 g/mol. The molecule has 0 aliphatic heterocycles. The Balaban J connectivity index is 2.20. The minimum absolute atomic E-state index is 0.0606. The molecule has 0 saturated carbocycles. The van der Waals surface area contributed by atoms with Gasteiger partial charge in [-0.3, -0.25) is 15.5 Å². The van der Waals surface area contributed by atoms with Crippen LogP contribution in [0.1, 0.15) is 12.5 Å². The molecule has 0 unspecified atom stereocenters. The zero-order valence-electron chi connectivity index (χ0n) is 13.2. The first-order valence-electron chi connectivity index (χ1n) is 7.13. The average molecular weight is 361 g/mol. The standard InChI is InChI=1S/C15H15N5O4S/c1-2-23-13-7-10(8-18-19-15(16)25)3-5-12(13)24-14-6-4-11(9-17-14)20(21)22/h3-9H,2H2,1H3,(H3,16,19,25)/b18-8+. The Labute approximate surface area is 148 Å². The van der Waals surface area contributed by atoms with E-state index in [9.17, 15) is 10.1 Å². The topological polar surface area (TPSA) is 125 Å². The third kappa shape index (κ3) is 5.39. The number of hydrazone groups is 1. The van der Waals surface area contributed by atoms with Crippen LogP contribution in [0.3, 0.4) is 0 Å². The summed E-state index contributed by atoms with van der Waals surface area (Å²) < 4.78 is 11.2. The van der Waals surface area contributed by atoms with E-state index in [1.165, 1.54) is 18.3 Å². The SMILES string of the molecule is CCOc1cc(/C=N/NC(N)=S)ccc1Oc1ccc([N+](=O)[O-])cn1. The first-order chi connectivity index (χ1) is 12.0. The minimum Gasteiger partial charge on any atom is -0.490 e. The van der Waals surface area contributed by atoms with Gasteiger partial charge in [0.2, 0.25) is 5.88 Å². The van der Waals surface area contributed by atoms with E-state index in [1.54, 1.807) is 18.2 Å². The van der Waals surface area contributed by atoms with E-state index in [0.717, 1.165) is 11.8 Å². The van der Waals surface area contributed by atoms with Gasteiger partial charge >= 0.3 is 0 Å². The van der Waals surface area contributed by atoms with E-state index < -0.39 is 4.92 Å². The lowest BCUT2D eigenvalue weighted by atomic mass is 10.2. The maximum absolute atomic E-state index is 10.6. The van der Waals surface area contributed by atoms with Crippen molar-refractivity contribution in [2.45, 2.75) is 6.92 Å². The second kappa shape index (κ2) is 8.55. The Morgan fingerprint density at radius 2 is 2.24 bits per heavy atom. The molecule has 1 aromatic heterocycles. The number of nitro groups is 1. The van der Waals surface area contributed by atoms with Gasteiger partial charge in [-0.25, -0.2) is 4.98 Å². The number of pyridine rings is 1. The summed E-state index contributed by atoms with van der Waals surface area (Å²) in [5, 5.41) is 14.6. The van der Waals surface area contributed by atoms with E-state index in [0.29, 0.717) is 18.1 Å². The Hall–Kier alpha value is -3.27. The van der Waals surface area contributed by atoms with Crippen LogP contribution in [-0.2, 0) is 0 Å². The number of aromatic nitrogens is 1. The van der Waals surface area contributed by atoms with E-state index in [2.05, 4.69) is 27.7 Å². The summed E-state index contributed by atoms with van der Waals surface area (Å²) in [4.78, 5) is 14.0. The van der Waals surface area contributed by atoms with Gasteiger partial charge in [0.05, 0.1) is 17.7 Å². The summed E-state index contributed by atoms with van der Waals surface area (Å²) in [6.45, 7) is 2.26. The summed E-state index contributed by atoms with van der Waals surface area (Å²) >= 11 is 4.66. The predicted octanol–water partition coefficient (Wildman–Crippen LogP) is 2.35. The summed E-state index contributed by atoms with van der Waals surface area (Å²) in [6, 6.07) is 7.86. The number of benzene rings is 1. The second-order valence-electron chi connectivity index (χ2n) is 4.59. The van der Waals surface area contributed by atoms with Crippen LogP contribution in [-0.4, -0.2) is 27.8 Å². The van der Waals surface area contributed by atoms with Gasteiger partial charge in [-0.1, -0.05) is 0 Å². The molecule has 1 aromatic carbocycles. The Morgan fingerprint density at radius 1 is 1.44 bits per heavy atom. The van der Waals surface area contributed by atoms with Crippen LogP contribution >= 0.6 is 12.2 Å². The van der Waals surface area contributed by atoms with Crippen molar-refractivity contribution in [1.82, 2.24) is 10.4 Å². The number of hydrogen-bond donors (Lipinski definition) is 2. The Bertz CT molecular complexity index is 795. The molecule has 1 heterocycles. The van der Waals surface area contributed by atoms with Gasteiger partial charge in [-0.2, -0.15) is 5.10 Å². The van der Waals surface area contributed by atoms with Crippen molar-refractivity contribution in [1.29, 1.82) is 0 Å². The van der Waals surface area contributed by atoms with Gasteiger partial charge in [0.1, 0.15) is 6.20 Å². The highest BCUT2D eigenvalue weighted by Gasteiger charge is 2.10. The van der Waals surface area contributed by atoms with Gasteiger partial charge in [0.25, 0.3) is 5.69 Å². The Kier molecular flexibility index (Phi) is 6.18. The molecular formula is C15H15N5O4S. The third-order valence-electron chi connectivity index (χ3n) is 2.80. The van der Waals surface area contributed by atoms with Crippen LogP contribution in [0.4, 0.5) is 5.69 Å². The van der Waals surface area contributed by atoms with Crippen molar-refractivity contribution in [2.75, 3.05) is 6.61 Å². The van der Waals surface area contributed by atoms with Crippen LogP contribution in [0, 0.1) is 10.1 Å². The van der Waals surface area contributed by atoms with Gasteiger partial charge in [0.15, 0.2) is 16.6 Å². The molecule has 9 nitrogen and oxygen atoms in total. The molecule has 0 aliphatic rings. The van der Waals surface area contributed by atoms with Crippen molar-refractivity contribution in [3.63, 3.8) is 0 Å². The van der Waals surface area contributed by atoms with Crippen molar-refractivity contribution in [2.24, 2.45) is 10.8 Å². The molecule has 0 aliphatic carbocycles. The lowest BCUT2D eigenvalue weighted by molar-refractivity contribution is -0.385. The highest BCUT2D eigenvalue weighted by molar-refractivity contribution is 7.80. The molecule has 2 aromatic rings. The quantitative estimate of drug-likeness (QED) is 0.333. The lowest BCUT2D eigenvalue weighted by Crippen LogP contribution is -2.23. The summed E-state index contributed by atoms with van der Waals surface area (Å²) in [6.07, 6.45) is 2.65. The maximum atomic E-state index is 10.6. The number of hydrogen-bond acceptors (Lipinski definition) is 7. The molecule has 0 bridgehead atoms. The van der Waals surface area contributed by atoms with E-state index in [-0.39, 0.29) is 16.7 Å². The van der Waals surface area contributed by atoms with Crippen molar-refractivity contribution < 1.29 is 14.4 Å². The first-order valence-corrected chi connectivity index (χ1v) is 7.54. The average Bonchev–Trinajstić information content (AvgIpc) is 2.57. The fraction of sp³-hybridized carbons (Fsp3) is 0.133. The molecule has 0 fully saturated rings. The van der Waals surface area contributed by atoms with Gasteiger partial charge < -0.3 is 15.2 Å². The zero-order chi connectivity index (χ0) is 18.2. The van der Waals surface area contributed by atoms with Gasteiger partial charge in [-0.05, 0) is 42.9 Å². The molecule has 0 radical (unpaired) electrons. The first kappa shape index (κ1) is 18.1. The molecule has 10 heteroatoms. The lowest BCUT2D eigenvalue weighted by Gasteiger charge is -2.11. The van der Waals surface area contributed by atoms with Crippen molar-refractivity contribution in [3.05, 3.63) is 52.2 Å². The number of nitrogens with zero attached hydrogens (tertiary/aromatic N) is 3. The molecule has 3 N–H and O–H groups in total.